The van der Waals surface area contributed by atoms with Gasteiger partial charge in [0, 0.05) is 23.9 Å². The summed E-state index contributed by atoms with van der Waals surface area (Å²) in [6, 6.07) is 8.86. The number of benzene rings is 1. The number of rotatable bonds is 3. The summed E-state index contributed by atoms with van der Waals surface area (Å²) in [5.41, 5.74) is 14.3. The van der Waals surface area contributed by atoms with Gasteiger partial charge in [0.25, 0.3) is 0 Å². The van der Waals surface area contributed by atoms with Crippen LogP contribution in [0.15, 0.2) is 36.5 Å². The Balaban J connectivity index is 2.25. The Morgan fingerprint density at radius 2 is 2.06 bits per heavy atom. The Bertz CT molecular complexity index is 593. The second-order valence-corrected chi connectivity index (χ2v) is 4.21. The van der Waals surface area contributed by atoms with Gasteiger partial charge in [0.05, 0.1) is 0 Å². The maximum atomic E-state index is 12.2. The molecule has 2 aromatic rings. The molecular weight excluding hydrogens is 226 g/mol. The summed E-state index contributed by atoms with van der Waals surface area (Å²) < 4.78 is 0. The molecule has 0 unspecified atom stereocenters. The number of Topliss-reactive ketones (excluding diaryl/α,β-unsaturated/α-hetero) is 1. The number of anilines is 2. The van der Waals surface area contributed by atoms with Gasteiger partial charge in [0.2, 0.25) is 0 Å². The van der Waals surface area contributed by atoms with E-state index in [4.69, 9.17) is 11.5 Å². The highest BCUT2D eigenvalue weighted by atomic mass is 16.1. The fourth-order valence-corrected chi connectivity index (χ4v) is 1.84. The normalized spacial score (nSPS) is 10.3. The Hall–Kier alpha value is -2.36. The number of aromatic nitrogens is 1. The van der Waals surface area contributed by atoms with E-state index in [9.17, 15) is 4.79 Å². The summed E-state index contributed by atoms with van der Waals surface area (Å²) in [5, 5.41) is 0. The van der Waals surface area contributed by atoms with Crippen LogP contribution in [0.5, 0.6) is 0 Å². The molecule has 0 amide bonds. The highest BCUT2D eigenvalue weighted by molar-refractivity contribution is 5.99. The van der Waals surface area contributed by atoms with E-state index in [0.29, 0.717) is 23.5 Å². The first kappa shape index (κ1) is 12.1. The van der Waals surface area contributed by atoms with Gasteiger partial charge in [-0.3, -0.25) is 4.79 Å². The van der Waals surface area contributed by atoms with E-state index < -0.39 is 0 Å². The quantitative estimate of drug-likeness (QED) is 0.636. The van der Waals surface area contributed by atoms with Crippen molar-refractivity contribution in [2.24, 2.45) is 0 Å². The molecule has 2 rings (SSSR count). The predicted octanol–water partition coefficient (Wildman–Crippen LogP) is 1.98. The lowest BCUT2D eigenvalue weighted by molar-refractivity contribution is 0.0992. The van der Waals surface area contributed by atoms with Crippen LogP contribution in [0.3, 0.4) is 0 Å². The highest BCUT2D eigenvalue weighted by Crippen LogP contribution is 2.18. The van der Waals surface area contributed by atoms with Gasteiger partial charge >= 0.3 is 0 Å². The minimum atomic E-state index is 0.0328. The molecule has 92 valence electrons. The zero-order chi connectivity index (χ0) is 13.1. The van der Waals surface area contributed by atoms with Crippen molar-refractivity contribution in [1.29, 1.82) is 0 Å². The van der Waals surface area contributed by atoms with E-state index in [2.05, 4.69) is 4.98 Å². The van der Waals surface area contributed by atoms with Crippen molar-refractivity contribution in [2.75, 3.05) is 11.5 Å². The molecule has 1 aromatic heterocycles. The lowest BCUT2D eigenvalue weighted by atomic mass is 9.98. The molecule has 0 saturated carbocycles. The minimum absolute atomic E-state index is 0.0328. The summed E-state index contributed by atoms with van der Waals surface area (Å²) in [5.74, 6) is 0.454. The highest BCUT2D eigenvalue weighted by Gasteiger charge is 2.11. The van der Waals surface area contributed by atoms with Crippen molar-refractivity contribution in [1.82, 2.24) is 4.98 Å². The first-order valence-electron chi connectivity index (χ1n) is 5.66. The topological polar surface area (TPSA) is 82.0 Å². The summed E-state index contributed by atoms with van der Waals surface area (Å²) in [6.07, 6.45) is 1.90. The Morgan fingerprint density at radius 1 is 1.28 bits per heavy atom. The fraction of sp³-hybridized carbons (Fsp3) is 0.143. The van der Waals surface area contributed by atoms with Crippen molar-refractivity contribution >= 4 is 17.3 Å². The molecule has 4 nitrogen and oxygen atoms in total. The molecule has 0 atom stereocenters. The van der Waals surface area contributed by atoms with Gasteiger partial charge in [0.15, 0.2) is 5.78 Å². The van der Waals surface area contributed by atoms with Crippen LogP contribution in [0.25, 0.3) is 0 Å². The van der Waals surface area contributed by atoms with Crippen molar-refractivity contribution in [3.8, 4) is 0 Å². The van der Waals surface area contributed by atoms with E-state index in [0.717, 1.165) is 11.1 Å². The molecule has 4 N–H and O–H groups in total. The average Bonchev–Trinajstić information content (AvgIpc) is 2.32. The number of nitrogens with two attached hydrogens (primary N) is 2. The summed E-state index contributed by atoms with van der Waals surface area (Å²) in [7, 11) is 0. The Kier molecular flexibility index (Phi) is 3.28. The largest absolute Gasteiger partial charge is 0.398 e. The zero-order valence-corrected chi connectivity index (χ0v) is 10.2. The molecule has 4 heteroatoms. The van der Waals surface area contributed by atoms with Crippen LogP contribution in [0.1, 0.15) is 21.5 Å². The maximum Gasteiger partial charge on any atom is 0.167 e. The summed E-state index contributed by atoms with van der Waals surface area (Å²) >= 11 is 0. The fourth-order valence-electron chi connectivity index (χ4n) is 1.84. The molecule has 0 bridgehead atoms. The van der Waals surface area contributed by atoms with Crippen LogP contribution in [0.2, 0.25) is 0 Å². The van der Waals surface area contributed by atoms with E-state index >= 15 is 0 Å². The van der Waals surface area contributed by atoms with Gasteiger partial charge in [-0.05, 0) is 36.2 Å². The van der Waals surface area contributed by atoms with E-state index in [1.54, 1.807) is 36.5 Å². The van der Waals surface area contributed by atoms with Crippen LogP contribution in [-0.2, 0) is 6.42 Å². The van der Waals surface area contributed by atoms with Crippen molar-refractivity contribution in [2.45, 2.75) is 13.3 Å². The number of carbonyl (C=O) groups excluding carboxylic acids is 1. The molecule has 0 radical (unpaired) electrons. The lowest BCUT2D eigenvalue weighted by Gasteiger charge is -2.07. The number of hydrogen-bond acceptors (Lipinski definition) is 4. The van der Waals surface area contributed by atoms with Gasteiger partial charge in [-0.25, -0.2) is 4.98 Å². The number of nitrogen functional groups attached to an aromatic ring is 2. The zero-order valence-electron chi connectivity index (χ0n) is 10.2. The molecule has 0 fully saturated rings. The summed E-state index contributed by atoms with van der Waals surface area (Å²) in [4.78, 5) is 16.1. The second-order valence-electron chi connectivity index (χ2n) is 4.21. The van der Waals surface area contributed by atoms with Crippen LogP contribution in [0, 0.1) is 6.92 Å². The smallest absolute Gasteiger partial charge is 0.167 e. The molecule has 0 aliphatic heterocycles. The third-order valence-electron chi connectivity index (χ3n) is 2.89. The van der Waals surface area contributed by atoms with E-state index in [-0.39, 0.29) is 5.78 Å². The molecule has 18 heavy (non-hydrogen) atoms. The van der Waals surface area contributed by atoms with Crippen LogP contribution in [0.4, 0.5) is 11.5 Å². The molecule has 0 aliphatic carbocycles. The van der Waals surface area contributed by atoms with Gasteiger partial charge in [-0.15, -0.1) is 0 Å². The minimum Gasteiger partial charge on any atom is -0.398 e. The first-order valence-corrected chi connectivity index (χ1v) is 5.66. The third kappa shape index (κ3) is 2.48. The molecule has 1 heterocycles. The SMILES string of the molecule is Cc1c(N)cccc1C(=O)Cc1ccnc(N)c1. The molecule has 0 spiro atoms. The van der Waals surface area contributed by atoms with Gasteiger partial charge in [0.1, 0.15) is 5.82 Å². The van der Waals surface area contributed by atoms with Crippen LogP contribution >= 0.6 is 0 Å². The van der Waals surface area contributed by atoms with E-state index in [1.807, 2.05) is 6.92 Å². The van der Waals surface area contributed by atoms with Gasteiger partial charge in [-0.2, -0.15) is 0 Å². The lowest BCUT2D eigenvalue weighted by Crippen LogP contribution is -2.07. The Labute approximate surface area is 106 Å². The monoisotopic (exact) mass is 241 g/mol. The second kappa shape index (κ2) is 4.87. The standard InChI is InChI=1S/C14H15N3O/c1-9-11(3-2-4-12(9)15)13(18)7-10-5-6-17-14(16)8-10/h2-6,8H,7,15H2,1H3,(H2,16,17). The van der Waals surface area contributed by atoms with Gasteiger partial charge < -0.3 is 11.5 Å². The number of nitrogens with zero attached hydrogens (tertiary/aromatic N) is 1. The Morgan fingerprint density at radius 3 is 2.78 bits per heavy atom. The number of hydrogen-bond donors (Lipinski definition) is 2. The molecule has 1 aromatic carbocycles. The van der Waals surface area contributed by atoms with Crippen molar-refractivity contribution < 1.29 is 4.79 Å². The number of ketones is 1. The maximum absolute atomic E-state index is 12.2. The van der Waals surface area contributed by atoms with Crippen molar-refractivity contribution in [3.63, 3.8) is 0 Å². The third-order valence-corrected chi connectivity index (χ3v) is 2.89. The first-order chi connectivity index (χ1) is 8.58. The van der Waals surface area contributed by atoms with Crippen molar-refractivity contribution in [3.05, 3.63) is 53.2 Å². The van der Waals surface area contributed by atoms with Crippen LogP contribution in [-0.4, -0.2) is 10.8 Å². The number of carbonyl (C=O) groups is 1. The summed E-state index contributed by atoms with van der Waals surface area (Å²) in [6.45, 7) is 1.85. The molecular formula is C14H15N3O. The van der Waals surface area contributed by atoms with Crippen LogP contribution < -0.4 is 11.5 Å². The van der Waals surface area contributed by atoms with Gasteiger partial charge in [-0.1, -0.05) is 12.1 Å². The molecule has 0 saturated heterocycles. The van der Waals surface area contributed by atoms with E-state index in [1.165, 1.54) is 0 Å². The molecule has 0 aliphatic rings. The predicted molar refractivity (Wildman–Crippen MR) is 72.3 cm³/mol. The number of pyridine rings is 1. The average molecular weight is 241 g/mol.